The second-order valence-electron chi connectivity index (χ2n) is 9.15. The number of aromatic nitrogens is 2. The van der Waals surface area contributed by atoms with Gasteiger partial charge in [-0.3, -0.25) is 9.59 Å². The fraction of sp³-hybridized carbons (Fsp3) is 0.320. The summed E-state index contributed by atoms with van der Waals surface area (Å²) in [7, 11) is 0. The molecule has 0 unspecified atom stereocenters. The van der Waals surface area contributed by atoms with Crippen molar-refractivity contribution in [1.29, 1.82) is 0 Å². The van der Waals surface area contributed by atoms with E-state index in [0.29, 0.717) is 0 Å². The Bertz CT molecular complexity index is 1330. The molecular weight excluding hydrogens is 482 g/mol. The maximum absolute atomic E-state index is 13.9. The van der Waals surface area contributed by atoms with Gasteiger partial charge in [0, 0.05) is 5.56 Å². The molecule has 1 saturated carbocycles. The second kappa shape index (κ2) is 9.38. The molecule has 3 aromatic rings. The molecule has 1 atom stereocenters. The van der Waals surface area contributed by atoms with Crippen molar-refractivity contribution in [3.8, 4) is 22.7 Å². The van der Waals surface area contributed by atoms with Crippen LogP contribution in [0.4, 0.5) is 17.6 Å². The summed E-state index contributed by atoms with van der Waals surface area (Å²) in [5.41, 5.74) is -1.99. The summed E-state index contributed by atoms with van der Waals surface area (Å²) in [5, 5.41) is 17.5. The van der Waals surface area contributed by atoms with Crippen molar-refractivity contribution in [2.45, 2.75) is 44.7 Å². The van der Waals surface area contributed by atoms with Gasteiger partial charge in [-0.25, -0.2) is 4.39 Å². The van der Waals surface area contributed by atoms with Crippen LogP contribution in [0.3, 0.4) is 0 Å². The van der Waals surface area contributed by atoms with Crippen LogP contribution in [-0.2, 0) is 0 Å². The van der Waals surface area contributed by atoms with E-state index in [1.54, 1.807) is 13.8 Å². The Labute approximate surface area is 203 Å². The van der Waals surface area contributed by atoms with Crippen LogP contribution in [-0.4, -0.2) is 38.8 Å². The van der Waals surface area contributed by atoms with Gasteiger partial charge in [0.25, 0.3) is 11.5 Å². The molecule has 0 saturated heterocycles. The fourth-order valence-electron chi connectivity index (χ4n) is 3.93. The van der Waals surface area contributed by atoms with E-state index in [2.05, 4.69) is 15.2 Å². The van der Waals surface area contributed by atoms with Crippen molar-refractivity contribution < 1.29 is 32.2 Å². The van der Waals surface area contributed by atoms with E-state index >= 15 is 0 Å². The summed E-state index contributed by atoms with van der Waals surface area (Å²) < 4.78 is 56.1. The highest BCUT2D eigenvalue weighted by molar-refractivity contribution is 5.95. The third-order valence-corrected chi connectivity index (χ3v) is 5.73. The van der Waals surface area contributed by atoms with Crippen molar-refractivity contribution in [1.82, 2.24) is 15.1 Å². The summed E-state index contributed by atoms with van der Waals surface area (Å²) in [4.78, 5) is 26.5. The number of nitrogens with one attached hydrogen (secondary N) is 1. The molecule has 1 aliphatic carbocycles. The van der Waals surface area contributed by atoms with Gasteiger partial charge in [0.2, 0.25) is 0 Å². The van der Waals surface area contributed by atoms with E-state index in [9.17, 15) is 32.3 Å². The van der Waals surface area contributed by atoms with E-state index in [-0.39, 0.29) is 28.4 Å². The number of amides is 1. The molecule has 36 heavy (non-hydrogen) atoms. The average Bonchev–Trinajstić information content (AvgIpc) is 3.61. The molecule has 190 valence electrons. The minimum atomic E-state index is -4.87. The summed E-state index contributed by atoms with van der Waals surface area (Å²) in [6.45, 7) is 3.12. The van der Waals surface area contributed by atoms with Crippen molar-refractivity contribution in [2.24, 2.45) is 5.92 Å². The minimum absolute atomic E-state index is 0.0501. The molecule has 1 heterocycles. The summed E-state index contributed by atoms with van der Waals surface area (Å²) in [5.74, 6) is -1.80. The number of carbonyl (C=O) groups excluding carboxylic acids is 1. The molecule has 0 bridgehead atoms. The van der Waals surface area contributed by atoms with Gasteiger partial charge in [-0.05, 0) is 81.1 Å². The van der Waals surface area contributed by atoms with E-state index < -0.39 is 41.0 Å². The van der Waals surface area contributed by atoms with Crippen LogP contribution < -0.4 is 15.6 Å². The number of hydrogen-bond acceptors (Lipinski definition) is 5. The Morgan fingerprint density at radius 1 is 1.14 bits per heavy atom. The third kappa shape index (κ3) is 5.91. The number of halogens is 4. The molecule has 4 rings (SSSR count). The molecule has 1 fully saturated rings. The molecule has 1 amide bonds. The van der Waals surface area contributed by atoms with Gasteiger partial charge in [0.1, 0.15) is 17.1 Å². The highest BCUT2D eigenvalue weighted by atomic mass is 19.4. The molecule has 0 radical (unpaired) electrons. The number of hydrogen-bond donors (Lipinski definition) is 2. The van der Waals surface area contributed by atoms with E-state index in [1.165, 1.54) is 36.4 Å². The van der Waals surface area contributed by atoms with Gasteiger partial charge < -0.3 is 15.2 Å². The van der Waals surface area contributed by atoms with E-state index in [1.807, 2.05) is 0 Å². The van der Waals surface area contributed by atoms with Crippen LogP contribution in [0.15, 0.2) is 59.4 Å². The number of ether oxygens (including phenoxy) is 1. The van der Waals surface area contributed by atoms with Gasteiger partial charge in [-0.15, -0.1) is 13.2 Å². The zero-order chi connectivity index (χ0) is 26.3. The van der Waals surface area contributed by atoms with Gasteiger partial charge in [-0.2, -0.15) is 9.78 Å². The number of alkyl halides is 3. The molecule has 2 N–H and O–H groups in total. The predicted molar refractivity (Wildman–Crippen MR) is 122 cm³/mol. The summed E-state index contributed by atoms with van der Waals surface area (Å²) in [6, 6.07) is 10.3. The average molecular weight is 505 g/mol. The lowest BCUT2D eigenvalue weighted by Crippen LogP contribution is -2.51. The van der Waals surface area contributed by atoms with Crippen LogP contribution in [0.1, 0.15) is 37.0 Å². The lowest BCUT2D eigenvalue weighted by atomic mass is 9.94. The Hall–Kier alpha value is -3.73. The van der Waals surface area contributed by atoms with Gasteiger partial charge >= 0.3 is 6.36 Å². The quantitative estimate of drug-likeness (QED) is 0.469. The highest BCUT2D eigenvalue weighted by Crippen LogP contribution is 2.37. The Morgan fingerprint density at radius 3 is 2.36 bits per heavy atom. The first-order valence-corrected chi connectivity index (χ1v) is 11.1. The predicted octanol–water partition coefficient (Wildman–Crippen LogP) is 4.22. The molecule has 7 nitrogen and oxygen atoms in total. The maximum Gasteiger partial charge on any atom is 0.573 e. The topological polar surface area (TPSA) is 93.4 Å². The maximum atomic E-state index is 13.9. The van der Waals surface area contributed by atoms with Crippen molar-refractivity contribution in [2.75, 3.05) is 0 Å². The Balaban J connectivity index is 1.78. The SMILES string of the molecule is CC(C)(O)[C@@H](NC(=O)c1cc(-c2ccc(OC(F)(F)F)cc2)nn(-c2cccc(F)c2)c1=O)C1CC1. The monoisotopic (exact) mass is 505 g/mol. The van der Waals surface area contributed by atoms with Crippen LogP contribution in [0.25, 0.3) is 16.9 Å². The van der Waals surface area contributed by atoms with E-state index in [4.69, 9.17) is 0 Å². The lowest BCUT2D eigenvalue weighted by Gasteiger charge is -2.30. The summed E-state index contributed by atoms with van der Waals surface area (Å²) in [6.07, 6.45) is -3.24. The molecule has 11 heteroatoms. The molecule has 2 aromatic carbocycles. The first kappa shape index (κ1) is 25.4. The van der Waals surface area contributed by atoms with Crippen molar-refractivity contribution in [3.63, 3.8) is 0 Å². The van der Waals surface area contributed by atoms with E-state index in [0.717, 1.165) is 35.7 Å². The smallest absolute Gasteiger partial charge is 0.406 e. The first-order valence-electron chi connectivity index (χ1n) is 11.1. The van der Waals surface area contributed by atoms with Crippen LogP contribution >= 0.6 is 0 Å². The van der Waals surface area contributed by atoms with Gasteiger partial charge in [0.05, 0.1) is 23.0 Å². The molecule has 0 spiro atoms. The van der Waals surface area contributed by atoms with Gasteiger partial charge in [-0.1, -0.05) is 6.07 Å². The summed E-state index contributed by atoms with van der Waals surface area (Å²) >= 11 is 0. The lowest BCUT2D eigenvalue weighted by molar-refractivity contribution is -0.274. The number of rotatable bonds is 7. The third-order valence-electron chi connectivity index (χ3n) is 5.73. The molecular formula is C25H23F4N3O4. The largest absolute Gasteiger partial charge is 0.573 e. The molecule has 1 aliphatic rings. The number of nitrogens with zero attached hydrogens (tertiary/aromatic N) is 2. The second-order valence-corrected chi connectivity index (χ2v) is 9.15. The van der Waals surface area contributed by atoms with Crippen LogP contribution in [0.2, 0.25) is 0 Å². The number of aliphatic hydroxyl groups is 1. The first-order chi connectivity index (χ1) is 16.8. The van der Waals surface area contributed by atoms with Crippen molar-refractivity contribution >= 4 is 5.91 Å². The standard InChI is InChI=1S/C25H23F4N3O4/c1-24(2,35)21(15-6-7-15)30-22(33)19-13-20(14-8-10-18(11-9-14)36-25(27,28)29)31-32(23(19)34)17-5-3-4-16(26)12-17/h3-5,8-13,15,21,35H,6-7H2,1-2H3,(H,30,33)/t21-/m0/s1. The normalized spacial score (nSPS) is 14.9. The Kier molecular flexibility index (Phi) is 6.61. The molecule has 1 aromatic heterocycles. The highest BCUT2D eigenvalue weighted by Gasteiger charge is 2.41. The Morgan fingerprint density at radius 2 is 1.81 bits per heavy atom. The minimum Gasteiger partial charge on any atom is -0.406 e. The zero-order valence-corrected chi connectivity index (χ0v) is 19.3. The number of benzene rings is 2. The number of carbonyl (C=O) groups is 1. The van der Waals surface area contributed by atoms with Crippen molar-refractivity contribution in [3.05, 3.63) is 76.3 Å². The fourth-order valence-corrected chi connectivity index (χ4v) is 3.93. The van der Waals surface area contributed by atoms with Crippen LogP contribution in [0, 0.1) is 11.7 Å². The zero-order valence-electron chi connectivity index (χ0n) is 19.3. The molecule has 0 aliphatic heterocycles. The van der Waals surface area contributed by atoms with Gasteiger partial charge in [0.15, 0.2) is 0 Å². The van der Waals surface area contributed by atoms with Crippen LogP contribution in [0.5, 0.6) is 5.75 Å².